The molecule has 5 aliphatic heterocycles. The number of rotatable bonds is 0. The Kier molecular flexibility index (Phi) is 7.56. The number of aryl methyl sites for hydroxylation is 2. The van der Waals surface area contributed by atoms with Gasteiger partial charge in [0, 0.05) is 61.6 Å². The summed E-state index contributed by atoms with van der Waals surface area (Å²) in [6.45, 7) is 4.24. The smallest absolute Gasteiger partial charge is 0.164 e. The molecule has 8 nitrogen and oxygen atoms in total. The zero-order chi connectivity index (χ0) is 32.2. The van der Waals surface area contributed by atoms with Crippen molar-refractivity contribution >= 4 is 46.7 Å². The summed E-state index contributed by atoms with van der Waals surface area (Å²) in [5.41, 5.74) is 9.88. The van der Waals surface area contributed by atoms with Crippen LogP contribution in [0.3, 0.4) is 0 Å². The van der Waals surface area contributed by atoms with E-state index in [1.165, 1.54) is 11.1 Å². The van der Waals surface area contributed by atoms with Crippen molar-refractivity contribution in [2.75, 3.05) is 0 Å². The molecule has 5 heterocycles. The summed E-state index contributed by atoms with van der Waals surface area (Å²) >= 11 is 0. The molecule has 9 heteroatoms. The molecule has 0 atom stereocenters. The van der Waals surface area contributed by atoms with Gasteiger partial charge in [0.05, 0.1) is 0 Å². The fourth-order valence-electron chi connectivity index (χ4n) is 6.12. The molecule has 1 radical (unpaired) electrons. The van der Waals surface area contributed by atoms with E-state index in [-0.39, 0.29) is 17.1 Å². The van der Waals surface area contributed by atoms with Crippen molar-refractivity contribution in [3.8, 4) is 0 Å². The van der Waals surface area contributed by atoms with Crippen molar-refractivity contribution < 1.29 is 17.1 Å². The quantitative estimate of drug-likeness (QED) is 0.156. The summed E-state index contributed by atoms with van der Waals surface area (Å²) in [4.78, 5) is 39.3. The Morgan fingerprint density at radius 3 is 0.531 bits per heavy atom. The van der Waals surface area contributed by atoms with Crippen LogP contribution >= 0.6 is 0 Å². The Hall–Kier alpha value is -6.02. The van der Waals surface area contributed by atoms with Crippen molar-refractivity contribution in [3.63, 3.8) is 0 Å². The summed E-state index contributed by atoms with van der Waals surface area (Å²) in [7, 11) is 0. The molecule has 5 aliphatic rings. The Morgan fingerprint density at radius 2 is 0.388 bits per heavy atom. The van der Waals surface area contributed by atoms with Gasteiger partial charge in [0.25, 0.3) is 0 Å². The van der Waals surface area contributed by atoms with Crippen LogP contribution in [0.4, 0.5) is 0 Å². The Labute approximate surface area is 293 Å². The molecule has 5 aromatic carbocycles. The van der Waals surface area contributed by atoms with E-state index in [4.69, 9.17) is 39.9 Å². The standard InChI is InChI=1S/C32H16N8.C8H10.Cu/c1-2-10-18-17(9-1)25-33-26(18)38-28-21-13-5-6-14-22(21)30(35-28)40-32-24-16-8-7-15-23(24)31(36-32)39-29-20-12-4-3-11-19(20)27(34-29)37-25;1-7-5-3-4-6-8(7)2;/h1-16H;3-6H,1-2H3;. The van der Waals surface area contributed by atoms with Crippen LogP contribution in [0, 0.1) is 13.8 Å². The van der Waals surface area contributed by atoms with Crippen molar-refractivity contribution in [3.05, 3.63) is 177 Å². The molecule has 0 amide bonds. The predicted octanol–water partition coefficient (Wildman–Crippen LogP) is 7.13. The maximum absolute atomic E-state index is 4.95. The molecular weight excluding hydrogens is 656 g/mol. The number of hydrogen-bond acceptors (Lipinski definition) is 8. The van der Waals surface area contributed by atoms with Crippen LogP contribution in [0.1, 0.15) is 55.6 Å². The molecule has 0 N–H and O–H groups in total. The van der Waals surface area contributed by atoms with E-state index in [2.05, 4.69) is 38.1 Å². The van der Waals surface area contributed by atoms with Gasteiger partial charge >= 0.3 is 0 Å². The summed E-state index contributed by atoms with van der Waals surface area (Å²) in [6.07, 6.45) is 0. The van der Waals surface area contributed by atoms with Gasteiger partial charge in [-0.05, 0) is 25.0 Å². The largest absolute Gasteiger partial charge is 0.208 e. The minimum Gasteiger partial charge on any atom is -0.208 e. The van der Waals surface area contributed by atoms with Crippen molar-refractivity contribution in [2.24, 2.45) is 39.9 Å². The monoisotopic (exact) mass is 681 g/mol. The third-order valence-electron chi connectivity index (χ3n) is 8.76. The number of benzene rings is 5. The van der Waals surface area contributed by atoms with Gasteiger partial charge in [0.15, 0.2) is 46.7 Å². The normalized spacial score (nSPS) is 15.6. The Bertz CT molecular complexity index is 2140. The molecule has 0 saturated carbocycles. The zero-order valence-electron chi connectivity index (χ0n) is 26.4. The van der Waals surface area contributed by atoms with Gasteiger partial charge in [-0.2, -0.15) is 0 Å². The molecule has 0 spiro atoms. The number of aliphatic imine (C=N–C) groups is 8. The van der Waals surface area contributed by atoms with Gasteiger partial charge in [-0.15, -0.1) is 0 Å². The summed E-state index contributed by atoms with van der Waals surface area (Å²) < 4.78 is 0. The van der Waals surface area contributed by atoms with Gasteiger partial charge < -0.3 is 0 Å². The van der Waals surface area contributed by atoms with Crippen LogP contribution in [-0.2, 0) is 17.1 Å². The Morgan fingerprint density at radius 1 is 0.245 bits per heavy atom. The van der Waals surface area contributed by atoms with E-state index >= 15 is 0 Å². The maximum Gasteiger partial charge on any atom is 0.164 e. The van der Waals surface area contributed by atoms with Crippen LogP contribution in [0.25, 0.3) is 0 Å². The van der Waals surface area contributed by atoms with Gasteiger partial charge in [0.2, 0.25) is 0 Å². The number of nitrogens with zero attached hydrogens (tertiary/aromatic N) is 8. The van der Waals surface area contributed by atoms with Crippen LogP contribution in [0.15, 0.2) is 161 Å². The summed E-state index contributed by atoms with van der Waals surface area (Å²) in [5.74, 6) is 4.42. The average Bonchev–Trinajstić information content (AvgIpc) is 3.86. The van der Waals surface area contributed by atoms with Crippen LogP contribution in [0.2, 0.25) is 0 Å². The van der Waals surface area contributed by atoms with Gasteiger partial charge in [-0.1, -0.05) is 121 Å². The summed E-state index contributed by atoms with van der Waals surface area (Å²) in [6, 6.07) is 40.2. The van der Waals surface area contributed by atoms with Crippen molar-refractivity contribution in [2.45, 2.75) is 13.8 Å². The molecular formula is C40H26CuN8. The fourth-order valence-corrected chi connectivity index (χ4v) is 6.12. The van der Waals surface area contributed by atoms with E-state index in [1.807, 2.05) is 97.1 Å². The molecule has 8 bridgehead atoms. The second-order valence-corrected chi connectivity index (χ2v) is 11.7. The minimum absolute atomic E-state index is 0. The van der Waals surface area contributed by atoms with E-state index in [0.29, 0.717) is 46.7 Å². The first-order valence-corrected chi connectivity index (χ1v) is 15.7. The van der Waals surface area contributed by atoms with Gasteiger partial charge in [0.1, 0.15) is 0 Å². The molecule has 0 aliphatic carbocycles. The van der Waals surface area contributed by atoms with Crippen LogP contribution < -0.4 is 0 Å². The molecule has 0 fully saturated rings. The average molecular weight is 682 g/mol. The minimum atomic E-state index is 0. The Balaban J connectivity index is 0.000000344. The van der Waals surface area contributed by atoms with Crippen LogP contribution in [-0.4, -0.2) is 46.7 Å². The molecule has 5 aromatic rings. The summed E-state index contributed by atoms with van der Waals surface area (Å²) in [5, 5.41) is 0. The second-order valence-electron chi connectivity index (χ2n) is 11.7. The van der Waals surface area contributed by atoms with E-state index in [0.717, 1.165) is 44.5 Å². The first-order chi connectivity index (χ1) is 23.6. The fraction of sp³-hybridized carbons (Fsp3) is 0.0500. The molecule has 0 aromatic heterocycles. The SMILES string of the molecule is Cc1ccccc1C.[Cu].c1ccc2c(c1)C1=NC2=NC2=NC(=NC3=NC(=NC4=NC(=N1)c1ccccc14)c1ccccc13)c1ccccc12. The van der Waals surface area contributed by atoms with Gasteiger partial charge in [-0.25, -0.2) is 39.9 Å². The number of amidine groups is 8. The van der Waals surface area contributed by atoms with Crippen molar-refractivity contribution in [1.29, 1.82) is 0 Å². The zero-order valence-corrected chi connectivity index (χ0v) is 27.4. The molecule has 0 unspecified atom stereocenters. The first-order valence-electron chi connectivity index (χ1n) is 15.7. The molecule has 237 valence electrons. The molecule has 10 rings (SSSR count). The van der Waals surface area contributed by atoms with Crippen molar-refractivity contribution in [1.82, 2.24) is 0 Å². The predicted molar refractivity (Wildman–Crippen MR) is 194 cm³/mol. The first kappa shape index (κ1) is 30.3. The van der Waals surface area contributed by atoms with E-state index in [1.54, 1.807) is 0 Å². The van der Waals surface area contributed by atoms with E-state index < -0.39 is 0 Å². The van der Waals surface area contributed by atoms with Gasteiger partial charge in [-0.3, -0.25) is 0 Å². The number of hydrogen-bond donors (Lipinski definition) is 0. The third kappa shape index (κ3) is 5.26. The molecule has 0 saturated heterocycles. The topological polar surface area (TPSA) is 98.9 Å². The maximum atomic E-state index is 4.95. The van der Waals surface area contributed by atoms with E-state index in [9.17, 15) is 0 Å². The number of fused-ring (bicyclic) bond motifs is 16. The van der Waals surface area contributed by atoms with Crippen LogP contribution in [0.5, 0.6) is 0 Å². The third-order valence-corrected chi connectivity index (χ3v) is 8.76. The second kappa shape index (κ2) is 12.2. The molecule has 49 heavy (non-hydrogen) atoms.